The molecule has 1 saturated heterocycles. The standard InChI is InChI=1S/C19H28N2S/c1-22-19-9-7-18(8-10-19)16-21-13-11-20(12-14-21)15-17-5-3-2-4-6-17/h2-3,7-10,17H,4-6,11-16H2,1H3/p+2/t17-/m1/s1. The molecule has 0 saturated carbocycles. The Labute approximate surface area is 139 Å². The molecule has 1 heterocycles. The first-order chi connectivity index (χ1) is 10.8. The van der Waals surface area contributed by atoms with E-state index in [1.165, 1.54) is 69.0 Å². The van der Waals surface area contributed by atoms with Crippen LogP contribution in [0.15, 0.2) is 41.3 Å². The maximum Gasteiger partial charge on any atom is 0.127 e. The van der Waals surface area contributed by atoms with Crippen LogP contribution in [0, 0.1) is 5.92 Å². The molecule has 2 aliphatic rings. The number of hydrogen-bond donors (Lipinski definition) is 2. The van der Waals surface area contributed by atoms with Crippen molar-refractivity contribution >= 4 is 11.8 Å². The van der Waals surface area contributed by atoms with Crippen molar-refractivity contribution < 1.29 is 9.80 Å². The highest BCUT2D eigenvalue weighted by Crippen LogP contribution is 2.16. The molecule has 1 aliphatic heterocycles. The van der Waals surface area contributed by atoms with Gasteiger partial charge in [0.25, 0.3) is 0 Å². The first-order valence-electron chi connectivity index (χ1n) is 8.78. The molecule has 2 nitrogen and oxygen atoms in total. The quantitative estimate of drug-likeness (QED) is 0.609. The van der Waals surface area contributed by atoms with Gasteiger partial charge in [-0.2, -0.15) is 0 Å². The third kappa shape index (κ3) is 4.61. The summed E-state index contributed by atoms with van der Waals surface area (Å²) in [5.74, 6) is 0.945. The van der Waals surface area contributed by atoms with Crippen LogP contribution in [0.25, 0.3) is 0 Å². The second-order valence-corrected chi connectivity index (χ2v) is 7.76. The van der Waals surface area contributed by atoms with Gasteiger partial charge in [0.15, 0.2) is 0 Å². The van der Waals surface area contributed by atoms with E-state index in [0.29, 0.717) is 0 Å². The maximum atomic E-state index is 2.40. The average Bonchev–Trinajstić information content (AvgIpc) is 2.58. The molecule has 1 aliphatic carbocycles. The molecule has 22 heavy (non-hydrogen) atoms. The van der Waals surface area contributed by atoms with Crippen LogP contribution < -0.4 is 9.80 Å². The highest BCUT2D eigenvalue weighted by atomic mass is 32.2. The molecular formula is C19H30N2S+2. The van der Waals surface area contributed by atoms with E-state index < -0.39 is 0 Å². The smallest absolute Gasteiger partial charge is 0.127 e. The Kier molecular flexibility index (Phi) is 5.99. The molecule has 1 atom stereocenters. The molecule has 1 aromatic carbocycles. The number of allylic oxidation sites excluding steroid dienone is 2. The molecule has 0 spiro atoms. The number of rotatable bonds is 5. The minimum absolute atomic E-state index is 0.945. The van der Waals surface area contributed by atoms with Gasteiger partial charge in [0, 0.05) is 16.4 Å². The number of piperazine rings is 1. The Bertz CT molecular complexity index is 475. The van der Waals surface area contributed by atoms with Crippen LogP contribution in [0.2, 0.25) is 0 Å². The first kappa shape index (κ1) is 16.1. The molecule has 0 unspecified atom stereocenters. The van der Waals surface area contributed by atoms with Crippen molar-refractivity contribution in [3.8, 4) is 0 Å². The summed E-state index contributed by atoms with van der Waals surface area (Å²) in [6, 6.07) is 9.15. The van der Waals surface area contributed by atoms with Gasteiger partial charge < -0.3 is 9.80 Å². The summed E-state index contributed by atoms with van der Waals surface area (Å²) in [5, 5.41) is 0. The largest absolute Gasteiger partial charge is 0.325 e. The van der Waals surface area contributed by atoms with Crippen molar-refractivity contribution in [2.24, 2.45) is 5.92 Å². The summed E-state index contributed by atoms with van der Waals surface area (Å²) in [7, 11) is 0. The van der Waals surface area contributed by atoms with Crippen molar-refractivity contribution in [3.63, 3.8) is 0 Å². The number of nitrogens with one attached hydrogen (secondary N) is 2. The third-order valence-electron chi connectivity index (χ3n) is 5.23. The molecule has 0 radical (unpaired) electrons. The number of quaternary nitrogens is 2. The lowest BCUT2D eigenvalue weighted by molar-refractivity contribution is -1.02. The number of hydrogen-bond acceptors (Lipinski definition) is 1. The molecule has 1 fully saturated rings. The number of benzene rings is 1. The molecule has 120 valence electrons. The van der Waals surface area contributed by atoms with Crippen LogP contribution in [-0.2, 0) is 6.54 Å². The van der Waals surface area contributed by atoms with Gasteiger partial charge in [-0.3, -0.25) is 0 Å². The second-order valence-electron chi connectivity index (χ2n) is 6.88. The lowest BCUT2D eigenvalue weighted by Crippen LogP contribution is -3.27. The normalized spacial score (nSPS) is 28.7. The predicted octanol–water partition coefficient (Wildman–Crippen LogP) is 1.05. The topological polar surface area (TPSA) is 8.88 Å². The van der Waals surface area contributed by atoms with Crippen LogP contribution >= 0.6 is 11.8 Å². The molecule has 0 bridgehead atoms. The minimum Gasteiger partial charge on any atom is -0.325 e. The fourth-order valence-corrected chi connectivity index (χ4v) is 4.23. The highest BCUT2D eigenvalue weighted by molar-refractivity contribution is 7.98. The highest BCUT2D eigenvalue weighted by Gasteiger charge is 2.25. The van der Waals surface area contributed by atoms with Gasteiger partial charge in [-0.25, -0.2) is 0 Å². The molecule has 3 rings (SSSR count). The monoisotopic (exact) mass is 318 g/mol. The Morgan fingerprint density at radius 3 is 2.36 bits per heavy atom. The van der Waals surface area contributed by atoms with Crippen LogP contribution in [-0.4, -0.2) is 39.0 Å². The molecule has 2 N–H and O–H groups in total. The Balaban J connectivity index is 1.42. The van der Waals surface area contributed by atoms with Gasteiger partial charge in [-0.15, -0.1) is 11.8 Å². The zero-order valence-electron chi connectivity index (χ0n) is 13.8. The van der Waals surface area contributed by atoms with E-state index in [1.54, 1.807) is 4.90 Å². The van der Waals surface area contributed by atoms with E-state index in [2.05, 4.69) is 42.7 Å². The van der Waals surface area contributed by atoms with Gasteiger partial charge in [-0.1, -0.05) is 24.3 Å². The summed E-state index contributed by atoms with van der Waals surface area (Å²) >= 11 is 1.83. The second kappa shape index (κ2) is 8.19. The van der Waals surface area contributed by atoms with E-state index >= 15 is 0 Å². The predicted molar refractivity (Wildman–Crippen MR) is 94.7 cm³/mol. The van der Waals surface area contributed by atoms with Crippen molar-refractivity contribution in [1.82, 2.24) is 0 Å². The fraction of sp³-hybridized carbons (Fsp3) is 0.579. The van der Waals surface area contributed by atoms with Crippen LogP contribution in [0.1, 0.15) is 24.8 Å². The van der Waals surface area contributed by atoms with Crippen LogP contribution in [0.4, 0.5) is 0 Å². The lowest BCUT2D eigenvalue weighted by atomic mass is 9.94. The van der Waals surface area contributed by atoms with E-state index in [-0.39, 0.29) is 0 Å². The molecule has 3 heteroatoms. The maximum absolute atomic E-state index is 2.40. The van der Waals surface area contributed by atoms with Gasteiger partial charge in [0.05, 0.1) is 6.54 Å². The van der Waals surface area contributed by atoms with Gasteiger partial charge >= 0.3 is 0 Å². The minimum atomic E-state index is 0.945. The Morgan fingerprint density at radius 2 is 1.73 bits per heavy atom. The van der Waals surface area contributed by atoms with Crippen LogP contribution in [0.5, 0.6) is 0 Å². The SMILES string of the molecule is CSc1ccc(C[NH+]2CC[NH+](C[C@@H]3CC=CCC3)CC2)cc1. The van der Waals surface area contributed by atoms with Gasteiger partial charge in [0.2, 0.25) is 0 Å². The van der Waals surface area contributed by atoms with E-state index in [0.717, 1.165) is 5.92 Å². The summed E-state index contributed by atoms with van der Waals surface area (Å²) in [6.07, 6.45) is 10.9. The zero-order chi connectivity index (χ0) is 15.2. The van der Waals surface area contributed by atoms with E-state index in [9.17, 15) is 0 Å². The van der Waals surface area contributed by atoms with Gasteiger partial charge in [-0.05, 0) is 37.7 Å². The van der Waals surface area contributed by atoms with E-state index in [1.807, 2.05) is 16.7 Å². The Hall–Kier alpha value is -0.770. The van der Waals surface area contributed by atoms with Crippen LogP contribution in [0.3, 0.4) is 0 Å². The van der Waals surface area contributed by atoms with Crippen molar-refractivity contribution in [3.05, 3.63) is 42.0 Å². The zero-order valence-corrected chi connectivity index (χ0v) is 14.6. The molecular weight excluding hydrogens is 288 g/mol. The number of thioether (sulfide) groups is 1. The molecule has 0 amide bonds. The first-order valence-corrected chi connectivity index (χ1v) is 10.0. The average molecular weight is 319 g/mol. The summed E-state index contributed by atoms with van der Waals surface area (Å²) in [5.41, 5.74) is 1.49. The lowest BCUT2D eigenvalue weighted by Gasteiger charge is -2.32. The fourth-order valence-electron chi connectivity index (χ4n) is 3.82. The van der Waals surface area contributed by atoms with E-state index in [4.69, 9.17) is 0 Å². The van der Waals surface area contributed by atoms with Crippen molar-refractivity contribution in [1.29, 1.82) is 0 Å². The summed E-state index contributed by atoms with van der Waals surface area (Å²) in [6.45, 7) is 8.00. The summed E-state index contributed by atoms with van der Waals surface area (Å²) < 4.78 is 0. The third-order valence-corrected chi connectivity index (χ3v) is 5.98. The molecule has 1 aromatic rings. The van der Waals surface area contributed by atoms with Crippen molar-refractivity contribution in [2.75, 3.05) is 39.0 Å². The van der Waals surface area contributed by atoms with Gasteiger partial charge in [0.1, 0.15) is 32.7 Å². The summed E-state index contributed by atoms with van der Waals surface area (Å²) in [4.78, 5) is 4.99. The molecule has 0 aromatic heterocycles. The van der Waals surface area contributed by atoms with Crippen molar-refractivity contribution in [2.45, 2.75) is 30.7 Å². The Morgan fingerprint density at radius 1 is 1.00 bits per heavy atom.